The van der Waals surface area contributed by atoms with Gasteiger partial charge in [0.15, 0.2) is 0 Å². The predicted molar refractivity (Wildman–Crippen MR) is 67.3 cm³/mol. The Hall–Kier alpha value is -1.89. The van der Waals surface area contributed by atoms with E-state index >= 15 is 0 Å². The topological polar surface area (TPSA) is 96.4 Å². The van der Waals surface area contributed by atoms with Gasteiger partial charge in [0, 0.05) is 12.6 Å². The maximum atomic E-state index is 11.7. The van der Waals surface area contributed by atoms with Crippen molar-refractivity contribution in [3.63, 3.8) is 0 Å². The van der Waals surface area contributed by atoms with Crippen LogP contribution in [0.25, 0.3) is 0 Å². The van der Waals surface area contributed by atoms with E-state index in [0.717, 1.165) is 6.42 Å². The monoisotopic (exact) mass is 267 g/mol. The van der Waals surface area contributed by atoms with Crippen LogP contribution < -0.4 is 11.4 Å². The van der Waals surface area contributed by atoms with E-state index in [1.807, 2.05) is 0 Å². The van der Waals surface area contributed by atoms with Crippen molar-refractivity contribution in [1.29, 1.82) is 0 Å². The third-order valence-corrected chi connectivity index (χ3v) is 2.97. The second kappa shape index (κ2) is 5.83. The smallest absolute Gasteiger partial charge is 0.351 e. The van der Waals surface area contributed by atoms with E-state index in [1.54, 1.807) is 19.2 Å². The lowest BCUT2D eigenvalue weighted by Crippen LogP contribution is -2.28. The quantitative estimate of drug-likeness (QED) is 0.796. The Bertz CT molecular complexity index is 514. The van der Waals surface area contributed by atoms with E-state index in [-0.39, 0.29) is 30.7 Å². The van der Waals surface area contributed by atoms with E-state index in [2.05, 4.69) is 4.98 Å². The summed E-state index contributed by atoms with van der Waals surface area (Å²) in [5.74, 6) is -0.0639. The summed E-state index contributed by atoms with van der Waals surface area (Å²) in [6.07, 6.45) is 2.78. The summed E-state index contributed by atoms with van der Waals surface area (Å²) < 4.78 is 12.1. The van der Waals surface area contributed by atoms with E-state index in [0.29, 0.717) is 12.8 Å². The lowest BCUT2D eigenvalue weighted by Gasteiger charge is -2.15. The van der Waals surface area contributed by atoms with E-state index in [1.165, 1.54) is 4.57 Å². The first-order chi connectivity index (χ1) is 9.10. The van der Waals surface area contributed by atoms with Gasteiger partial charge in [0.05, 0.1) is 6.10 Å². The molecule has 1 aromatic rings. The van der Waals surface area contributed by atoms with Gasteiger partial charge in [-0.3, -0.25) is 9.36 Å². The van der Waals surface area contributed by atoms with Gasteiger partial charge in [-0.2, -0.15) is 4.98 Å². The van der Waals surface area contributed by atoms with Crippen LogP contribution in [0.1, 0.15) is 32.4 Å². The van der Waals surface area contributed by atoms with Crippen molar-refractivity contribution >= 4 is 11.8 Å². The zero-order valence-electron chi connectivity index (χ0n) is 10.7. The molecule has 2 atom stereocenters. The van der Waals surface area contributed by atoms with Crippen LogP contribution in [0.15, 0.2) is 17.1 Å². The number of hydrogen-bond donors (Lipinski definition) is 1. The molecule has 1 aliphatic heterocycles. The SMILES string of the molecule is CCC(=O)OC[C@@H]1CC[C@H](n2ccc(N)nc2=O)O1. The first kappa shape index (κ1) is 13.5. The van der Waals surface area contributed by atoms with Crippen LogP contribution in [-0.4, -0.2) is 28.2 Å². The minimum Gasteiger partial charge on any atom is -0.463 e. The molecule has 2 N–H and O–H groups in total. The third kappa shape index (κ3) is 3.31. The molecule has 1 fully saturated rings. The molecule has 104 valence electrons. The number of esters is 1. The summed E-state index contributed by atoms with van der Waals surface area (Å²) in [6.45, 7) is 1.96. The fourth-order valence-electron chi connectivity index (χ4n) is 1.95. The average Bonchev–Trinajstić information content (AvgIpc) is 2.84. The normalized spacial score (nSPS) is 22.4. The van der Waals surface area contributed by atoms with Crippen LogP contribution in [0, 0.1) is 0 Å². The lowest BCUT2D eigenvalue weighted by molar-refractivity contribution is -0.148. The van der Waals surface area contributed by atoms with Gasteiger partial charge in [-0.25, -0.2) is 4.79 Å². The molecule has 1 saturated heterocycles. The number of aromatic nitrogens is 2. The fourth-order valence-corrected chi connectivity index (χ4v) is 1.95. The van der Waals surface area contributed by atoms with E-state index in [4.69, 9.17) is 15.2 Å². The Morgan fingerprint density at radius 1 is 1.63 bits per heavy atom. The number of ether oxygens (including phenoxy) is 2. The summed E-state index contributed by atoms with van der Waals surface area (Å²) >= 11 is 0. The lowest BCUT2D eigenvalue weighted by atomic mass is 10.2. The maximum absolute atomic E-state index is 11.7. The molecule has 2 rings (SSSR count). The van der Waals surface area contributed by atoms with Crippen LogP contribution in [0.5, 0.6) is 0 Å². The average molecular weight is 267 g/mol. The summed E-state index contributed by atoms with van der Waals surface area (Å²) in [7, 11) is 0. The minimum absolute atomic E-state index is 0.176. The van der Waals surface area contributed by atoms with Crippen molar-refractivity contribution in [3.05, 3.63) is 22.7 Å². The van der Waals surface area contributed by atoms with Crippen molar-refractivity contribution in [2.24, 2.45) is 0 Å². The number of carbonyl (C=O) groups is 1. The highest BCUT2D eigenvalue weighted by Gasteiger charge is 2.28. The molecule has 0 aliphatic carbocycles. The van der Waals surface area contributed by atoms with Gasteiger partial charge in [0.2, 0.25) is 0 Å². The summed E-state index contributed by atoms with van der Waals surface area (Å²) in [5, 5.41) is 0. The summed E-state index contributed by atoms with van der Waals surface area (Å²) in [4.78, 5) is 26.4. The number of nitrogen functional groups attached to an aromatic ring is 1. The molecule has 1 aliphatic rings. The Labute approximate surface area is 110 Å². The molecule has 19 heavy (non-hydrogen) atoms. The Balaban J connectivity index is 1.94. The van der Waals surface area contributed by atoms with Gasteiger partial charge in [0.1, 0.15) is 18.7 Å². The molecular weight excluding hydrogens is 250 g/mol. The third-order valence-electron chi connectivity index (χ3n) is 2.97. The Kier molecular flexibility index (Phi) is 4.16. The highest BCUT2D eigenvalue weighted by atomic mass is 16.6. The maximum Gasteiger partial charge on any atom is 0.351 e. The number of carbonyl (C=O) groups excluding carboxylic acids is 1. The van der Waals surface area contributed by atoms with Crippen molar-refractivity contribution in [2.45, 2.75) is 38.5 Å². The zero-order chi connectivity index (χ0) is 13.8. The van der Waals surface area contributed by atoms with Crippen LogP contribution in [-0.2, 0) is 14.3 Å². The van der Waals surface area contributed by atoms with Crippen molar-refractivity contribution in [3.8, 4) is 0 Å². The molecule has 1 aromatic heterocycles. The van der Waals surface area contributed by atoms with Gasteiger partial charge < -0.3 is 15.2 Å². The predicted octanol–water partition coefficient (Wildman–Crippen LogP) is 0.456. The summed E-state index contributed by atoms with van der Waals surface area (Å²) in [5.41, 5.74) is 4.99. The summed E-state index contributed by atoms with van der Waals surface area (Å²) in [6, 6.07) is 1.55. The van der Waals surface area contributed by atoms with Gasteiger partial charge >= 0.3 is 11.7 Å². The highest BCUT2D eigenvalue weighted by Crippen LogP contribution is 2.27. The van der Waals surface area contributed by atoms with Crippen LogP contribution >= 0.6 is 0 Å². The van der Waals surface area contributed by atoms with Crippen molar-refractivity contribution in [1.82, 2.24) is 9.55 Å². The first-order valence-corrected chi connectivity index (χ1v) is 6.26. The molecule has 0 amide bonds. The fraction of sp³-hybridized carbons (Fsp3) is 0.583. The number of rotatable bonds is 4. The molecule has 0 unspecified atom stereocenters. The molecule has 0 spiro atoms. The number of anilines is 1. The van der Waals surface area contributed by atoms with Crippen molar-refractivity contribution in [2.75, 3.05) is 12.3 Å². The van der Waals surface area contributed by atoms with Gasteiger partial charge in [-0.1, -0.05) is 6.92 Å². The van der Waals surface area contributed by atoms with Crippen LogP contribution in [0.3, 0.4) is 0 Å². The Morgan fingerprint density at radius 2 is 2.42 bits per heavy atom. The Morgan fingerprint density at radius 3 is 3.11 bits per heavy atom. The highest BCUT2D eigenvalue weighted by molar-refractivity contribution is 5.68. The molecular formula is C12H17N3O4. The largest absolute Gasteiger partial charge is 0.463 e. The number of nitrogens with two attached hydrogens (primary N) is 1. The van der Waals surface area contributed by atoms with Gasteiger partial charge in [-0.15, -0.1) is 0 Å². The first-order valence-electron chi connectivity index (χ1n) is 6.26. The van der Waals surface area contributed by atoms with E-state index < -0.39 is 5.69 Å². The number of nitrogens with zero attached hydrogens (tertiary/aromatic N) is 2. The molecule has 2 heterocycles. The molecule has 0 radical (unpaired) electrons. The molecule has 0 saturated carbocycles. The van der Waals surface area contributed by atoms with Crippen LogP contribution in [0.4, 0.5) is 5.82 Å². The second-order valence-electron chi connectivity index (χ2n) is 4.37. The molecule has 7 nitrogen and oxygen atoms in total. The number of hydrogen-bond acceptors (Lipinski definition) is 6. The van der Waals surface area contributed by atoms with E-state index in [9.17, 15) is 9.59 Å². The second-order valence-corrected chi connectivity index (χ2v) is 4.37. The van der Waals surface area contributed by atoms with Gasteiger partial charge in [0.25, 0.3) is 0 Å². The van der Waals surface area contributed by atoms with Crippen LogP contribution in [0.2, 0.25) is 0 Å². The standard InChI is InChI=1S/C12H17N3O4/c1-2-11(16)18-7-8-3-4-10(19-8)15-6-5-9(13)14-12(15)17/h5-6,8,10H,2-4,7H2,1H3,(H2,13,14,17)/t8-,10+/m0/s1. The molecule has 7 heteroatoms. The minimum atomic E-state index is -0.434. The zero-order valence-corrected chi connectivity index (χ0v) is 10.7. The van der Waals surface area contributed by atoms with Gasteiger partial charge in [-0.05, 0) is 18.9 Å². The van der Waals surface area contributed by atoms with Crippen molar-refractivity contribution < 1.29 is 14.3 Å². The molecule has 0 bridgehead atoms. The molecule has 0 aromatic carbocycles.